The molecule has 2 saturated carbocycles. The number of aromatic nitrogens is 8. The van der Waals surface area contributed by atoms with Crippen LogP contribution in [0.3, 0.4) is 0 Å². The van der Waals surface area contributed by atoms with Crippen molar-refractivity contribution in [2.24, 2.45) is 10.8 Å². The fourth-order valence-electron chi connectivity index (χ4n) is 7.29. The van der Waals surface area contributed by atoms with Gasteiger partial charge in [-0.05, 0) is 55.4 Å². The summed E-state index contributed by atoms with van der Waals surface area (Å²) in [6, 6.07) is 6.53. The van der Waals surface area contributed by atoms with Gasteiger partial charge in [-0.3, -0.25) is 9.36 Å². The van der Waals surface area contributed by atoms with E-state index in [4.69, 9.17) is 4.74 Å². The van der Waals surface area contributed by atoms with Gasteiger partial charge in [0.05, 0.1) is 50.5 Å². The lowest BCUT2D eigenvalue weighted by Crippen LogP contribution is -2.43. The summed E-state index contributed by atoms with van der Waals surface area (Å²) < 4.78 is 10.2. The maximum Gasteiger partial charge on any atom is 0.224 e. The predicted molar refractivity (Wildman–Crippen MR) is 200 cm³/mol. The number of rotatable bonds is 15. The van der Waals surface area contributed by atoms with Gasteiger partial charge in [0.25, 0.3) is 0 Å². The number of nitrogens with one attached hydrogen (secondary N) is 4. The molecule has 2 fully saturated rings. The van der Waals surface area contributed by atoms with E-state index in [2.05, 4.69) is 91.2 Å². The Morgan fingerprint density at radius 2 is 1.42 bits per heavy atom. The van der Waals surface area contributed by atoms with Gasteiger partial charge in [0.1, 0.15) is 34.9 Å². The predicted octanol–water partition coefficient (Wildman–Crippen LogP) is 4.55. The number of hydrogen-bond donors (Lipinski definition) is 5. The van der Waals surface area contributed by atoms with E-state index in [-0.39, 0.29) is 35.1 Å². The van der Waals surface area contributed by atoms with Crippen LogP contribution in [0.4, 0.5) is 23.5 Å². The molecule has 53 heavy (non-hydrogen) atoms. The highest BCUT2D eigenvalue weighted by Crippen LogP contribution is 2.40. The monoisotopic (exact) mass is 722 g/mol. The zero-order valence-electron chi connectivity index (χ0n) is 31.0. The molecular weight excluding hydrogens is 673 g/mol. The molecule has 0 radical (unpaired) electrons. The van der Waals surface area contributed by atoms with Gasteiger partial charge in [0, 0.05) is 49.3 Å². The maximum atomic E-state index is 10.3. The summed E-state index contributed by atoms with van der Waals surface area (Å²) >= 11 is 0. The quantitative estimate of drug-likeness (QED) is 0.114. The van der Waals surface area contributed by atoms with Crippen molar-refractivity contribution in [1.82, 2.24) is 39.5 Å². The van der Waals surface area contributed by atoms with Crippen molar-refractivity contribution >= 4 is 23.5 Å². The smallest absolute Gasteiger partial charge is 0.224 e. The molecule has 0 spiro atoms. The summed E-state index contributed by atoms with van der Waals surface area (Å²) in [6.45, 7) is 11.5. The Balaban J connectivity index is 0.953. The lowest BCUT2D eigenvalue weighted by molar-refractivity contribution is -0.0618. The van der Waals surface area contributed by atoms with Crippen LogP contribution in [0.15, 0.2) is 43.2 Å². The standard InChI is InChI=1S/C37H50N14O2/c1-36(2)16-28(6-8-30(36)52)46-32-26(18-38)21-43-35(48-32)41-12-15-51-23-25(20-45-51)24-53-31-9-7-29(17-37(31,3)4)47-33-27(19-39)22-42-34(49-33)40-11-14-50-13-5-10-44-50/h5,10,13,20-23,28-31,52H,6-9,11-12,14-17,24H2,1-4H3,(H2,40,42,47,49)(H2,41,43,46,48)/t28-,29-,30+,31+/m1/s1. The molecule has 5 N–H and O–H groups in total. The molecule has 0 aromatic carbocycles. The van der Waals surface area contributed by atoms with Crippen molar-refractivity contribution in [1.29, 1.82) is 10.5 Å². The molecular formula is C37H50N14O2. The number of nitrogens with zero attached hydrogens (tertiary/aromatic N) is 10. The Morgan fingerprint density at radius 3 is 1.98 bits per heavy atom. The Hall–Kier alpha value is -5.32. The van der Waals surface area contributed by atoms with E-state index in [1.807, 2.05) is 34.0 Å². The van der Waals surface area contributed by atoms with Crippen LogP contribution >= 0.6 is 0 Å². The molecule has 0 unspecified atom stereocenters. The fourth-order valence-corrected chi connectivity index (χ4v) is 7.29. The van der Waals surface area contributed by atoms with Crippen LogP contribution in [-0.2, 0) is 24.4 Å². The summed E-state index contributed by atoms with van der Waals surface area (Å²) in [7, 11) is 0. The second kappa shape index (κ2) is 16.6. The zero-order valence-corrected chi connectivity index (χ0v) is 31.0. The Labute approximate surface area is 310 Å². The van der Waals surface area contributed by atoms with Crippen molar-refractivity contribution in [3.8, 4) is 12.1 Å². The molecule has 4 aromatic heterocycles. The van der Waals surface area contributed by atoms with E-state index in [9.17, 15) is 15.6 Å². The van der Waals surface area contributed by atoms with E-state index < -0.39 is 0 Å². The molecule has 6 rings (SSSR count). The molecule has 4 atom stereocenters. The number of anilines is 4. The molecule has 0 aliphatic heterocycles. The highest BCUT2D eigenvalue weighted by atomic mass is 16.5. The average molecular weight is 723 g/mol. The normalized spacial score (nSPS) is 21.9. The molecule has 4 aromatic rings. The number of aliphatic hydroxyl groups excluding tert-OH is 1. The van der Waals surface area contributed by atoms with E-state index in [0.29, 0.717) is 73.9 Å². The lowest BCUT2D eigenvalue weighted by atomic mass is 9.72. The summed E-state index contributed by atoms with van der Waals surface area (Å²) in [4.78, 5) is 17.9. The van der Waals surface area contributed by atoms with Crippen LogP contribution in [0.5, 0.6) is 0 Å². The van der Waals surface area contributed by atoms with Gasteiger partial charge in [-0.15, -0.1) is 0 Å². The third-order valence-corrected chi connectivity index (χ3v) is 10.3. The van der Waals surface area contributed by atoms with Crippen LogP contribution in [0.1, 0.15) is 82.9 Å². The minimum atomic E-state index is -0.332. The third kappa shape index (κ3) is 9.77. The summed E-state index contributed by atoms with van der Waals surface area (Å²) in [5.74, 6) is 1.96. The van der Waals surface area contributed by atoms with Crippen molar-refractivity contribution in [2.75, 3.05) is 34.4 Å². The topological polar surface area (TPSA) is 212 Å². The van der Waals surface area contributed by atoms with Crippen molar-refractivity contribution < 1.29 is 9.84 Å². The number of aliphatic hydroxyl groups is 1. The molecule has 4 heterocycles. The molecule has 0 amide bonds. The van der Waals surface area contributed by atoms with E-state index in [0.717, 1.165) is 37.7 Å². The van der Waals surface area contributed by atoms with Gasteiger partial charge < -0.3 is 31.1 Å². The molecule has 2 aliphatic carbocycles. The number of nitriles is 2. The first kappa shape index (κ1) is 37.4. The first-order chi connectivity index (χ1) is 25.5. The SMILES string of the molecule is CC1(C)C[C@H](Nc2nc(NCCn3cccn3)ncc2C#N)CC[C@@H]1OCc1cnn(CCNc2ncc(C#N)c(N[C@@H]3CC[C@H](O)C(C)(C)C3)n2)c1. The lowest BCUT2D eigenvalue weighted by Gasteiger charge is -2.42. The highest BCUT2D eigenvalue weighted by Gasteiger charge is 2.38. The van der Waals surface area contributed by atoms with Crippen LogP contribution in [0.25, 0.3) is 0 Å². The second-order valence-electron chi connectivity index (χ2n) is 15.4. The van der Waals surface area contributed by atoms with Crippen LogP contribution < -0.4 is 21.3 Å². The van der Waals surface area contributed by atoms with E-state index in [1.165, 1.54) is 6.20 Å². The van der Waals surface area contributed by atoms with Crippen LogP contribution in [0, 0.1) is 33.5 Å². The summed E-state index contributed by atoms with van der Waals surface area (Å²) in [5.41, 5.74) is 1.49. The minimum absolute atomic E-state index is 0.0620. The summed E-state index contributed by atoms with van der Waals surface area (Å²) in [5, 5.41) is 51.8. The molecule has 2 aliphatic rings. The molecule has 16 heteroatoms. The van der Waals surface area contributed by atoms with Crippen LogP contribution in [-0.4, -0.2) is 82.0 Å². The Bertz CT molecular complexity index is 1890. The fraction of sp³-hybridized carbons (Fsp3) is 0.568. The van der Waals surface area contributed by atoms with E-state index >= 15 is 0 Å². The third-order valence-electron chi connectivity index (χ3n) is 10.3. The first-order valence-electron chi connectivity index (χ1n) is 18.3. The van der Waals surface area contributed by atoms with Gasteiger partial charge >= 0.3 is 0 Å². The highest BCUT2D eigenvalue weighted by molar-refractivity contribution is 5.55. The van der Waals surface area contributed by atoms with Gasteiger partial charge in [0.15, 0.2) is 0 Å². The summed E-state index contributed by atoms with van der Waals surface area (Å²) in [6.07, 6.45) is 15.2. The van der Waals surface area contributed by atoms with E-state index in [1.54, 1.807) is 12.4 Å². The molecule has 0 saturated heterocycles. The molecule has 280 valence electrons. The maximum absolute atomic E-state index is 10.3. The minimum Gasteiger partial charge on any atom is -0.393 e. The zero-order chi connectivity index (χ0) is 37.4. The van der Waals surface area contributed by atoms with Crippen molar-refractivity contribution in [3.63, 3.8) is 0 Å². The van der Waals surface area contributed by atoms with Crippen molar-refractivity contribution in [2.45, 2.75) is 110 Å². The molecule has 16 nitrogen and oxygen atoms in total. The van der Waals surface area contributed by atoms with Crippen LogP contribution in [0.2, 0.25) is 0 Å². The molecule has 0 bridgehead atoms. The largest absolute Gasteiger partial charge is 0.393 e. The Morgan fingerprint density at radius 1 is 0.811 bits per heavy atom. The average Bonchev–Trinajstić information content (AvgIpc) is 3.82. The van der Waals surface area contributed by atoms with Gasteiger partial charge in [-0.2, -0.15) is 30.7 Å². The number of hydrogen-bond acceptors (Lipinski definition) is 14. The second-order valence-corrected chi connectivity index (χ2v) is 15.4. The van der Waals surface area contributed by atoms with Gasteiger partial charge in [-0.25, -0.2) is 9.97 Å². The Kier molecular flexibility index (Phi) is 11.7. The van der Waals surface area contributed by atoms with Gasteiger partial charge in [-0.1, -0.05) is 27.7 Å². The number of ether oxygens (including phenoxy) is 1. The van der Waals surface area contributed by atoms with Crippen molar-refractivity contribution in [3.05, 3.63) is 59.9 Å². The van der Waals surface area contributed by atoms with Gasteiger partial charge in [0.2, 0.25) is 11.9 Å². The first-order valence-corrected chi connectivity index (χ1v) is 18.3.